The molecule has 8 nitrogen and oxygen atoms in total. The second kappa shape index (κ2) is 16.4. The van der Waals surface area contributed by atoms with Gasteiger partial charge in [-0.2, -0.15) is 0 Å². The van der Waals surface area contributed by atoms with Crippen molar-refractivity contribution in [2.24, 2.45) is 0 Å². The Bertz CT molecular complexity index is 1090. The summed E-state index contributed by atoms with van der Waals surface area (Å²) in [6.45, 7) is 6.01. The van der Waals surface area contributed by atoms with Crippen molar-refractivity contribution in [3.8, 4) is 0 Å². The van der Waals surface area contributed by atoms with Gasteiger partial charge in [0.1, 0.15) is 18.2 Å². The number of nitrogens with one attached hydrogen (secondary N) is 2. The van der Waals surface area contributed by atoms with Crippen LogP contribution < -0.4 is 10.6 Å². The first-order valence-electron chi connectivity index (χ1n) is 14.8. The highest BCUT2D eigenvalue weighted by atomic mass is 35.5. The van der Waals surface area contributed by atoms with E-state index >= 15 is 0 Å². The average molecular weight is 585 g/mol. The molecule has 2 aromatic rings. The van der Waals surface area contributed by atoms with Gasteiger partial charge in [-0.15, -0.1) is 12.4 Å². The van der Waals surface area contributed by atoms with Crippen LogP contribution in [0.2, 0.25) is 0 Å². The van der Waals surface area contributed by atoms with Gasteiger partial charge in [0.25, 0.3) is 0 Å². The lowest BCUT2D eigenvalue weighted by Crippen LogP contribution is -2.72. The van der Waals surface area contributed by atoms with Crippen molar-refractivity contribution >= 4 is 30.3 Å². The van der Waals surface area contributed by atoms with Crippen LogP contribution in [0.4, 0.5) is 4.79 Å². The van der Waals surface area contributed by atoms with Crippen LogP contribution in [-0.2, 0) is 27.4 Å². The van der Waals surface area contributed by atoms with E-state index in [1.807, 2.05) is 41.3 Å². The van der Waals surface area contributed by atoms with Crippen LogP contribution in [0.15, 0.2) is 60.7 Å². The summed E-state index contributed by atoms with van der Waals surface area (Å²) in [6.07, 6.45) is 5.85. The van der Waals surface area contributed by atoms with Gasteiger partial charge in [-0.1, -0.05) is 67.6 Å². The standard InChI is InChI=1S/C32H44N4O4.ClH/c1-2-21-36-29(37)28(17-9-10-20-33-31(39)40-25-27-14-7-4-8-15-27)34-30(38)32(36)18-23-35(24-19-32)22-11-16-26-12-5-3-6-13-26;/h3-8,12-15,28H,2,9-11,16-25H2,1H3,(H,33,39)(H,34,38);1H/t28-;/m0./s1. The third-order valence-corrected chi connectivity index (χ3v) is 8.12. The quantitative estimate of drug-likeness (QED) is 0.333. The van der Waals surface area contributed by atoms with Crippen molar-refractivity contribution in [2.75, 3.05) is 32.7 Å². The summed E-state index contributed by atoms with van der Waals surface area (Å²) in [4.78, 5) is 43.3. The van der Waals surface area contributed by atoms with Crippen LogP contribution in [0, 0.1) is 0 Å². The Balaban J connectivity index is 0.00000462. The highest BCUT2D eigenvalue weighted by Crippen LogP contribution is 2.34. The molecule has 1 spiro atoms. The van der Waals surface area contributed by atoms with Crippen LogP contribution in [-0.4, -0.2) is 72.0 Å². The Morgan fingerprint density at radius 3 is 2.27 bits per heavy atom. The topological polar surface area (TPSA) is 91.0 Å². The highest BCUT2D eigenvalue weighted by molar-refractivity contribution is 6.00. The van der Waals surface area contributed by atoms with E-state index in [9.17, 15) is 14.4 Å². The molecule has 3 amide bonds. The normalized spacial score (nSPS) is 18.5. The molecule has 41 heavy (non-hydrogen) atoms. The van der Waals surface area contributed by atoms with Gasteiger partial charge in [0.15, 0.2) is 0 Å². The Labute approximate surface area is 250 Å². The molecule has 2 fully saturated rings. The van der Waals surface area contributed by atoms with Gasteiger partial charge in [-0.3, -0.25) is 9.59 Å². The first-order valence-corrected chi connectivity index (χ1v) is 14.8. The third kappa shape index (κ3) is 8.94. The monoisotopic (exact) mass is 584 g/mol. The predicted octanol–water partition coefficient (Wildman–Crippen LogP) is 4.71. The zero-order valence-electron chi connectivity index (χ0n) is 24.2. The summed E-state index contributed by atoms with van der Waals surface area (Å²) < 4.78 is 5.24. The molecule has 0 saturated carbocycles. The maximum Gasteiger partial charge on any atom is 0.407 e. The number of piperidine rings is 1. The minimum Gasteiger partial charge on any atom is -0.445 e. The van der Waals surface area contributed by atoms with E-state index in [1.165, 1.54) is 5.56 Å². The van der Waals surface area contributed by atoms with E-state index in [1.54, 1.807) is 0 Å². The van der Waals surface area contributed by atoms with E-state index in [2.05, 4.69) is 46.7 Å². The molecular formula is C32H45ClN4O4. The minimum absolute atomic E-state index is 0. The second-order valence-electron chi connectivity index (χ2n) is 11.0. The van der Waals surface area contributed by atoms with Crippen molar-refractivity contribution in [2.45, 2.75) is 76.5 Å². The molecule has 0 aromatic heterocycles. The van der Waals surface area contributed by atoms with Gasteiger partial charge in [-0.25, -0.2) is 4.79 Å². The number of hydrogen-bond donors (Lipinski definition) is 2. The maximum absolute atomic E-state index is 13.5. The fourth-order valence-corrected chi connectivity index (χ4v) is 5.85. The first-order chi connectivity index (χ1) is 19.5. The molecule has 224 valence electrons. The van der Waals surface area contributed by atoms with Crippen LogP contribution in [0.3, 0.4) is 0 Å². The fourth-order valence-electron chi connectivity index (χ4n) is 5.85. The number of alkyl carbamates (subject to hydrolysis) is 1. The number of carbonyl (C=O) groups is 3. The molecule has 2 aliphatic rings. The highest BCUT2D eigenvalue weighted by Gasteiger charge is 2.52. The Hall–Kier alpha value is -3.10. The number of aryl methyl sites for hydroxylation is 1. The number of amides is 3. The Morgan fingerprint density at radius 1 is 0.951 bits per heavy atom. The van der Waals surface area contributed by atoms with Gasteiger partial charge in [0, 0.05) is 26.2 Å². The summed E-state index contributed by atoms with van der Waals surface area (Å²) >= 11 is 0. The largest absolute Gasteiger partial charge is 0.445 e. The molecule has 2 saturated heterocycles. The Morgan fingerprint density at radius 2 is 1.61 bits per heavy atom. The first kappa shape index (κ1) is 32.4. The zero-order chi connectivity index (χ0) is 28.2. The summed E-state index contributed by atoms with van der Waals surface area (Å²) in [5, 5.41) is 5.84. The summed E-state index contributed by atoms with van der Waals surface area (Å²) in [7, 11) is 0. The third-order valence-electron chi connectivity index (χ3n) is 8.12. The second-order valence-corrected chi connectivity index (χ2v) is 11.0. The molecule has 1 atom stereocenters. The van der Waals surface area contributed by atoms with Crippen LogP contribution in [0.25, 0.3) is 0 Å². The van der Waals surface area contributed by atoms with Crippen molar-refractivity contribution in [1.82, 2.24) is 20.4 Å². The number of likely N-dealkylation sites (tertiary alicyclic amines) is 1. The Kier molecular flexibility index (Phi) is 12.9. The number of benzene rings is 2. The van der Waals surface area contributed by atoms with Crippen LogP contribution in [0.1, 0.15) is 63.0 Å². The summed E-state index contributed by atoms with van der Waals surface area (Å²) in [5.74, 6) is 0.0336. The lowest BCUT2D eigenvalue weighted by Gasteiger charge is -2.51. The van der Waals surface area contributed by atoms with Crippen molar-refractivity contribution in [3.05, 3.63) is 71.8 Å². The fraction of sp³-hybridized carbons (Fsp3) is 0.531. The van der Waals surface area contributed by atoms with Gasteiger partial charge in [0.2, 0.25) is 11.8 Å². The molecule has 2 heterocycles. The minimum atomic E-state index is -0.733. The van der Waals surface area contributed by atoms with Gasteiger partial charge < -0.3 is 25.2 Å². The van der Waals surface area contributed by atoms with Crippen molar-refractivity contribution < 1.29 is 19.1 Å². The smallest absolute Gasteiger partial charge is 0.407 e. The number of rotatable bonds is 13. The summed E-state index contributed by atoms with van der Waals surface area (Å²) in [6, 6.07) is 19.6. The molecule has 0 bridgehead atoms. The SMILES string of the molecule is CCCN1C(=O)[C@H](CCCCNC(=O)OCc2ccccc2)NC(=O)C12CCN(CCCc1ccccc1)CC2.Cl. The maximum atomic E-state index is 13.5. The van der Waals surface area contributed by atoms with E-state index in [4.69, 9.17) is 4.74 Å². The number of nitrogens with zero attached hydrogens (tertiary/aromatic N) is 2. The zero-order valence-corrected chi connectivity index (χ0v) is 25.0. The number of unbranched alkanes of at least 4 members (excludes halogenated alkanes) is 1. The van der Waals surface area contributed by atoms with E-state index in [0.29, 0.717) is 38.8 Å². The molecule has 9 heteroatoms. The molecule has 2 aliphatic heterocycles. The molecule has 2 aromatic carbocycles. The average Bonchev–Trinajstić information content (AvgIpc) is 2.98. The van der Waals surface area contributed by atoms with Crippen LogP contribution in [0.5, 0.6) is 0 Å². The van der Waals surface area contributed by atoms with Crippen LogP contribution >= 0.6 is 12.4 Å². The van der Waals surface area contributed by atoms with E-state index < -0.39 is 17.7 Å². The van der Waals surface area contributed by atoms with Crippen molar-refractivity contribution in [3.63, 3.8) is 0 Å². The number of hydrogen-bond acceptors (Lipinski definition) is 5. The molecule has 2 N–H and O–H groups in total. The number of halogens is 1. The molecule has 0 unspecified atom stereocenters. The van der Waals surface area contributed by atoms with E-state index in [0.717, 1.165) is 50.9 Å². The predicted molar refractivity (Wildman–Crippen MR) is 163 cm³/mol. The lowest BCUT2D eigenvalue weighted by molar-refractivity contribution is -0.161. The van der Waals surface area contributed by atoms with Gasteiger partial charge >= 0.3 is 6.09 Å². The molecule has 0 aliphatic carbocycles. The lowest BCUT2D eigenvalue weighted by atomic mass is 9.81. The number of carbonyl (C=O) groups excluding carboxylic acids is 3. The summed E-state index contributed by atoms with van der Waals surface area (Å²) in [5.41, 5.74) is 1.56. The molecule has 0 radical (unpaired) electrons. The van der Waals surface area contributed by atoms with Gasteiger partial charge in [-0.05, 0) is 69.0 Å². The van der Waals surface area contributed by atoms with E-state index in [-0.39, 0.29) is 30.8 Å². The number of piperazine rings is 1. The van der Waals surface area contributed by atoms with Crippen molar-refractivity contribution in [1.29, 1.82) is 0 Å². The number of ether oxygens (including phenoxy) is 1. The van der Waals surface area contributed by atoms with Gasteiger partial charge in [0.05, 0.1) is 0 Å². The molecule has 4 rings (SSSR count). The molecular weight excluding hydrogens is 540 g/mol.